The number of hydrogen-bond acceptors (Lipinski definition) is 2. The van der Waals surface area contributed by atoms with Gasteiger partial charge in [0.25, 0.3) is 0 Å². The first-order valence-electron chi connectivity index (χ1n) is 7.39. The summed E-state index contributed by atoms with van der Waals surface area (Å²) in [5, 5.41) is 0. The van der Waals surface area contributed by atoms with E-state index in [0.29, 0.717) is 11.3 Å². The summed E-state index contributed by atoms with van der Waals surface area (Å²) in [4.78, 5) is 2.65. The summed E-state index contributed by atoms with van der Waals surface area (Å²) in [5.41, 5.74) is 6.29. The predicted molar refractivity (Wildman–Crippen MR) is 76.1 cm³/mol. The Labute approximate surface area is 108 Å². The highest BCUT2D eigenvalue weighted by molar-refractivity contribution is 4.79. The smallest absolute Gasteiger partial charge is 0.00216 e. The minimum absolute atomic E-state index is 0.480. The van der Waals surface area contributed by atoms with Gasteiger partial charge in [-0.05, 0) is 56.1 Å². The molecule has 1 rings (SSSR count). The van der Waals surface area contributed by atoms with Crippen molar-refractivity contribution in [1.82, 2.24) is 4.90 Å². The average Bonchev–Trinajstić information content (AvgIpc) is 2.50. The Balaban J connectivity index is 2.42. The van der Waals surface area contributed by atoms with Crippen molar-refractivity contribution in [1.29, 1.82) is 0 Å². The maximum absolute atomic E-state index is 5.81. The SMILES string of the molecule is CCC(CN)CN1CCCC(C(C)(C)C)CC1. The van der Waals surface area contributed by atoms with Crippen molar-refractivity contribution in [3.05, 3.63) is 0 Å². The van der Waals surface area contributed by atoms with Gasteiger partial charge in [-0.25, -0.2) is 0 Å². The summed E-state index contributed by atoms with van der Waals surface area (Å²) in [6.07, 6.45) is 5.35. The van der Waals surface area contributed by atoms with E-state index in [9.17, 15) is 0 Å². The minimum Gasteiger partial charge on any atom is -0.330 e. The third kappa shape index (κ3) is 4.97. The molecule has 0 saturated carbocycles. The van der Waals surface area contributed by atoms with Crippen molar-refractivity contribution >= 4 is 0 Å². The van der Waals surface area contributed by atoms with E-state index in [-0.39, 0.29) is 0 Å². The Kier molecular flexibility index (Phi) is 5.94. The minimum atomic E-state index is 0.480. The Morgan fingerprint density at radius 2 is 1.94 bits per heavy atom. The van der Waals surface area contributed by atoms with Crippen LogP contribution in [0, 0.1) is 17.3 Å². The van der Waals surface area contributed by atoms with Gasteiger partial charge < -0.3 is 10.6 Å². The Bertz CT molecular complexity index is 203. The lowest BCUT2D eigenvalue weighted by Crippen LogP contribution is -2.33. The van der Waals surface area contributed by atoms with Crippen LogP contribution in [0.15, 0.2) is 0 Å². The van der Waals surface area contributed by atoms with E-state index in [1.54, 1.807) is 0 Å². The Morgan fingerprint density at radius 3 is 2.47 bits per heavy atom. The standard InChI is InChI=1S/C15H32N2/c1-5-13(11-16)12-17-9-6-7-14(8-10-17)15(2,3)4/h13-14H,5-12,16H2,1-4H3. The highest BCUT2D eigenvalue weighted by Gasteiger charge is 2.27. The van der Waals surface area contributed by atoms with Gasteiger partial charge in [0, 0.05) is 6.54 Å². The van der Waals surface area contributed by atoms with E-state index < -0.39 is 0 Å². The quantitative estimate of drug-likeness (QED) is 0.818. The summed E-state index contributed by atoms with van der Waals surface area (Å²) in [6.45, 7) is 14.0. The molecule has 2 atom stereocenters. The lowest BCUT2D eigenvalue weighted by Gasteiger charge is -2.30. The summed E-state index contributed by atoms with van der Waals surface area (Å²) in [7, 11) is 0. The largest absolute Gasteiger partial charge is 0.330 e. The normalized spacial score (nSPS) is 25.6. The van der Waals surface area contributed by atoms with Crippen LogP contribution in [0.25, 0.3) is 0 Å². The molecular formula is C15H32N2. The van der Waals surface area contributed by atoms with E-state index in [4.69, 9.17) is 5.73 Å². The van der Waals surface area contributed by atoms with E-state index in [1.807, 2.05) is 0 Å². The van der Waals surface area contributed by atoms with Crippen LogP contribution in [-0.4, -0.2) is 31.1 Å². The molecule has 0 radical (unpaired) electrons. The van der Waals surface area contributed by atoms with Crippen LogP contribution in [0.4, 0.5) is 0 Å². The van der Waals surface area contributed by atoms with Crippen LogP contribution in [-0.2, 0) is 0 Å². The molecule has 1 saturated heterocycles. The van der Waals surface area contributed by atoms with Crippen molar-refractivity contribution in [3.8, 4) is 0 Å². The number of likely N-dealkylation sites (tertiary alicyclic amines) is 1. The molecule has 2 nitrogen and oxygen atoms in total. The number of rotatable bonds is 4. The molecule has 0 aromatic rings. The summed E-state index contributed by atoms with van der Waals surface area (Å²) < 4.78 is 0. The molecule has 1 aliphatic heterocycles. The fourth-order valence-corrected chi connectivity index (χ4v) is 2.94. The zero-order valence-electron chi connectivity index (χ0n) is 12.3. The van der Waals surface area contributed by atoms with Crippen molar-refractivity contribution in [2.75, 3.05) is 26.2 Å². The van der Waals surface area contributed by atoms with Gasteiger partial charge in [0.05, 0.1) is 0 Å². The first-order valence-corrected chi connectivity index (χ1v) is 7.39. The molecule has 2 unspecified atom stereocenters. The molecule has 17 heavy (non-hydrogen) atoms. The summed E-state index contributed by atoms with van der Waals surface area (Å²) in [5.74, 6) is 1.59. The topological polar surface area (TPSA) is 29.3 Å². The fourth-order valence-electron chi connectivity index (χ4n) is 2.94. The van der Waals surface area contributed by atoms with Gasteiger partial charge >= 0.3 is 0 Å². The van der Waals surface area contributed by atoms with Gasteiger partial charge in [-0.15, -0.1) is 0 Å². The molecule has 0 bridgehead atoms. The Morgan fingerprint density at radius 1 is 1.24 bits per heavy atom. The maximum atomic E-state index is 5.81. The highest BCUT2D eigenvalue weighted by atomic mass is 15.1. The molecule has 1 heterocycles. The molecular weight excluding hydrogens is 208 g/mol. The van der Waals surface area contributed by atoms with Crippen molar-refractivity contribution in [2.24, 2.45) is 23.0 Å². The predicted octanol–water partition coefficient (Wildman–Crippen LogP) is 3.12. The fraction of sp³-hybridized carbons (Fsp3) is 1.00. The summed E-state index contributed by atoms with van der Waals surface area (Å²) >= 11 is 0. The summed E-state index contributed by atoms with van der Waals surface area (Å²) in [6, 6.07) is 0. The number of nitrogens with two attached hydrogens (primary N) is 1. The van der Waals surface area contributed by atoms with Gasteiger partial charge in [-0.2, -0.15) is 0 Å². The second-order valence-electron chi connectivity index (χ2n) is 6.80. The second-order valence-corrected chi connectivity index (χ2v) is 6.80. The van der Waals surface area contributed by atoms with E-state index in [2.05, 4.69) is 32.6 Å². The molecule has 102 valence electrons. The van der Waals surface area contributed by atoms with Gasteiger partial charge in [0.2, 0.25) is 0 Å². The first-order chi connectivity index (χ1) is 7.97. The lowest BCUT2D eigenvalue weighted by molar-refractivity contribution is 0.199. The van der Waals surface area contributed by atoms with Crippen molar-refractivity contribution in [3.63, 3.8) is 0 Å². The monoisotopic (exact) mass is 240 g/mol. The van der Waals surface area contributed by atoms with E-state index >= 15 is 0 Å². The average molecular weight is 240 g/mol. The van der Waals surface area contributed by atoms with Gasteiger partial charge in [-0.3, -0.25) is 0 Å². The zero-order valence-corrected chi connectivity index (χ0v) is 12.3. The third-order valence-corrected chi connectivity index (χ3v) is 4.47. The molecule has 2 heteroatoms. The van der Waals surface area contributed by atoms with Crippen LogP contribution in [0.2, 0.25) is 0 Å². The molecule has 0 aliphatic carbocycles. The van der Waals surface area contributed by atoms with Gasteiger partial charge in [0.1, 0.15) is 0 Å². The van der Waals surface area contributed by atoms with Crippen LogP contribution in [0.1, 0.15) is 53.4 Å². The highest BCUT2D eigenvalue weighted by Crippen LogP contribution is 2.34. The second kappa shape index (κ2) is 6.75. The third-order valence-electron chi connectivity index (χ3n) is 4.47. The number of nitrogens with zero attached hydrogens (tertiary/aromatic N) is 1. The number of hydrogen-bond donors (Lipinski definition) is 1. The van der Waals surface area contributed by atoms with E-state index in [1.165, 1.54) is 45.3 Å². The maximum Gasteiger partial charge on any atom is 0.00216 e. The van der Waals surface area contributed by atoms with Crippen LogP contribution in [0.5, 0.6) is 0 Å². The molecule has 0 spiro atoms. The van der Waals surface area contributed by atoms with E-state index in [0.717, 1.165) is 12.5 Å². The van der Waals surface area contributed by atoms with Crippen molar-refractivity contribution < 1.29 is 0 Å². The Hall–Kier alpha value is -0.0800. The molecule has 0 aromatic heterocycles. The molecule has 2 N–H and O–H groups in total. The van der Waals surface area contributed by atoms with Crippen molar-refractivity contribution in [2.45, 2.75) is 53.4 Å². The van der Waals surface area contributed by atoms with Crippen LogP contribution >= 0.6 is 0 Å². The molecule has 1 aliphatic rings. The zero-order chi connectivity index (χ0) is 12.9. The van der Waals surface area contributed by atoms with Gasteiger partial charge in [-0.1, -0.05) is 34.1 Å². The first kappa shape index (κ1) is 15.0. The van der Waals surface area contributed by atoms with Crippen LogP contribution < -0.4 is 5.73 Å². The molecule has 0 aromatic carbocycles. The lowest BCUT2D eigenvalue weighted by atomic mass is 9.77. The molecule has 0 amide bonds. The molecule has 1 fully saturated rings. The van der Waals surface area contributed by atoms with Gasteiger partial charge in [0.15, 0.2) is 0 Å². The van der Waals surface area contributed by atoms with Crippen LogP contribution in [0.3, 0.4) is 0 Å².